The van der Waals surface area contributed by atoms with Gasteiger partial charge < -0.3 is 4.74 Å². The van der Waals surface area contributed by atoms with Crippen LogP contribution in [0.4, 0.5) is 0 Å². The molecule has 0 bridgehead atoms. The van der Waals surface area contributed by atoms with Crippen molar-refractivity contribution in [2.24, 2.45) is 40.9 Å². The van der Waals surface area contributed by atoms with E-state index >= 15 is 0 Å². The molecule has 4 fully saturated rings. The Bertz CT molecular complexity index is 508. The third-order valence-corrected chi connectivity index (χ3v) is 8.56. The van der Waals surface area contributed by atoms with Crippen LogP contribution in [-0.2, 0) is 9.53 Å². The summed E-state index contributed by atoms with van der Waals surface area (Å²) in [5.41, 5.74) is 0.822. The number of rotatable bonds is 14. The fourth-order valence-corrected chi connectivity index (χ4v) is 6.12. The number of esters is 1. The lowest BCUT2D eigenvalue weighted by molar-refractivity contribution is -0.140. The topological polar surface area (TPSA) is 26.3 Å². The monoisotopic (exact) mass is 374 g/mol. The van der Waals surface area contributed by atoms with E-state index in [-0.39, 0.29) is 5.97 Å². The van der Waals surface area contributed by atoms with E-state index in [1.165, 1.54) is 58.5 Å². The van der Waals surface area contributed by atoms with Crippen molar-refractivity contribution < 1.29 is 9.53 Å². The first-order valence-electron chi connectivity index (χ1n) is 12.2. The average Bonchev–Trinajstić information content (AvgIpc) is 3.47. The van der Waals surface area contributed by atoms with Crippen LogP contribution in [0.25, 0.3) is 0 Å². The van der Waals surface area contributed by atoms with Crippen molar-refractivity contribution in [1.82, 2.24) is 0 Å². The second kappa shape index (κ2) is 8.46. The van der Waals surface area contributed by atoms with Crippen LogP contribution >= 0.6 is 0 Å². The van der Waals surface area contributed by atoms with Gasteiger partial charge in [0.05, 0.1) is 7.11 Å². The van der Waals surface area contributed by atoms with Crippen molar-refractivity contribution in [2.45, 2.75) is 103 Å². The molecule has 0 aromatic carbocycles. The minimum Gasteiger partial charge on any atom is -0.469 e. The highest BCUT2D eigenvalue weighted by atomic mass is 16.5. The van der Waals surface area contributed by atoms with Gasteiger partial charge in [0.2, 0.25) is 0 Å². The van der Waals surface area contributed by atoms with E-state index in [2.05, 4.69) is 6.92 Å². The van der Waals surface area contributed by atoms with E-state index in [4.69, 9.17) is 4.74 Å². The highest BCUT2D eigenvalue weighted by Crippen LogP contribution is 2.63. The Labute approximate surface area is 167 Å². The molecular weight excluding hydrogens is 332 g/mol. The molecule has 4 aliphatic carbocycles. The van der Waals surface area contributed by atoms with Crippen LogP contribution in [0.1, 0.15) is 103 Å². The maximum Gasteiger partial charge on any atom is 0.305 e. The number of hydrogen-bond acceptors (Lipinski definition) is 2. The summed E-state index contributed by atoms with van der Waals surface area (Å²) in [7, 11) is 1.50. The molecule has 0 amide bonds. The first-order chi connectivity index (χ1) is 13.1. The van der Waals surface area contributed by atoms with Gasteiger partial charge in [-0.2, -0.15) is 0 Å². The van der Waals surface area contributed by atoms with E-state index in [0.717, 1.165) is 47.3 Å². The zero-order chi connectivity index (χ0) is 18.9. The molecule has 154 valence electrons. The van der Waals surface area contributed by atoms with Crippen LogP contribution in [0.15, 0.2) is 0 Å². The van der Waals surface area contributed by atoms with Crippen LogP contribution in [0.5, 0.6) is 0 Å². The number of methoxy groups -OCH3 is 1. The number of carbonyl (C=O) groups excluding carboxylic acids is 1. The predicted octanol–water partition coefficient (Wildman–Crippen LogP) is 6.77. The Morgan fingerprint density at radius 3 is 2.19 bits per heavy atom. The zero-order valence-electron chi connectivity index (χ0n) is 17.9. The summed E-state index contributed by atoms with van der Waals surface area (Å²) in [5, 5.41) is 0. The van der Waals surface area contributed by atoms with Gasteiger partial charge in [-0.3, -0.25) is 4.79 Å². The molecule has 0 spiro atoms. The fraction of sp³-hybridized carbons (Fsp3) is 0.960. The Balaban J connectivity index is 1.04. The maximum absolute atomic E-state index is 11.2. The summed E-state index contributed by atoms with van der Waals surface area (Å²) in [5.74, 6) is 6.28. The third-order valence-electron chi connectivity index (χ3n) is 8.56. The van der Waals surface area contributed by atoms with Crippen molar-refractivity contribution in [2.75, 3.05) is 7.11 Å². The van der Waals surface area contributed by atoms with Crippen LogP contribution < -0.4 is 0 Å². The molecule has 2 nitrogen and oxygen atoms in total. The molecule has 0 aliphatic heterocycles. The summed E-state index contributed by atoms with van der Waals surface area (Å²) in [6.07, 6.45) is 21.1. The van der Waals surface area contributed by atoms with Gasteiger partial charge in [-0.1, -0.05) is 26.2 Å². The van der Waals surface area contributed by atoms with Crippen molar-refractivity contribution in [1.29, 1.82) is 0 Å². The highest BCUT2D eigenvalue weighted by molar-refractivity contribution is 5.68. The smallest absolute Gasteiger partial charge is 0.305 e. The first-order valence-corrected chi connectivity index (χ1v) is 12.2. The van der Waals surface area contributed by atoms with Gasteiger partial charge in [-0.25, -0.2) is 0 Å². The molecule has 0 heterocycles. The molecule has 6 unspecified atom stereocenters. The predicted molar refractivity (Wildman–Crippen MR) is 110 cm³/mol. The Morgan fingerprint density at radius 1 is 0.889 bits per heavy atom. The molecule has 4 aliphatic rings. The molecule has 0 aromatic rings. The first kappa shape index (κ1) is 19.8. The largest absolute Gasteiger partial charge is 0.469 e. The highest BCUT2D eigenvalue weighted by Gasteiger charge is 2.52. The van der Waals surface area contributed by atoms with E-state index in [1.54, 1.807) is 32.1 Å². The standard InChI is InChI=1S/C25H42O2/c1-3-4-5-9-25(10-11-25)17-23-16-22(23)15-21-14-20(21)13-19-12-18(19)7-6-8-24(26)27-2/h18-23H,3-17H2,1-2H3. The summed E-state index contributed by atoms with van der Waals surface area (Å²) in [6, 6.07) is 0. The molecule has 0 saturated heterocycles. The quantitative estimate of drug-likeness (QED) is 0.248. The fourth-order valence-electron chi connectivity index (χ4n) is 6.12. The van der Waals surface area contributed by atoms with Gasteiger partial charge in [0.15, 0.2) is 0 Å². The lowest BCUT2D eigenvalue weighted by Crippen LogP contribution is -2.03. The molecule has 6 atom stereocenters. The summed E-state index contributed by atoms with van der Waals surface area (Å²) >= 11 is 0. The summed E-state index contributed by atoms with van der Waals surface area (Å²) < 4.78 is 4.74. The van der Waals surface area contributed by atoms with Crippen LogP contribution in [0.3, 0.4) is 0 Å². The van der Waals surface area contributed by atoms with Crippen LogP contribution in [-0.4, -0.2) is 13.1 Å². The average molecular weight is 375 g/mol. The molecule has 0 N–H and O–H groups in total. The van der Waals surface area contributed by atoms with Gasteiger partial charge in [0.1, 0.15) is 0 Å². The SMILES string of the molecule is CCCCCC1(CC2CC2CC2CC2CC2CC2CCCC(=O)OC)CC1. The van der Waals surface area contributed by atoms with Crippen LogP contribution in [0.2, 0.25) is 0 Å². The molecule has 4 saturated carbocycles. The third kappa shape index (κ3) is 5.73. The van der Waals surface area contributed by atoms with E-state index in [1.807, 2.05) is 0 Å². The zero-order valence-corrected chi connectivity index (χ0v) is 17.9. The molecule has 4 rings (SSSR count). The summed E-state index contributed by atoms with van der Waals surface area (Å²) in [4.78, 5) is 11.2. The number of unbranched alkanes of at least 4 members (excludes halogenated alkanes) is 2. The van der Waals surface area contributed by atoms with Crippen molar-refractivity contribution in [3.8, 4) is 0 Å². The lowest BCUT2D eigenvalue weighted by Gasteiger charge is -2.14. The number of ether oxygens (including phenoxy) is 1. The van der Waals surface area contributed by atoms with Gasteiger partial charge in [0.25, 0.3) is 0 Å². The van der Waals surface area contributed by atoms with Crippen molar-refractivity contribution in [3.05, 3.63) is 0 Å². The van der Waals surface area contributed by atoms with Gasteiger partial charge >= 0.3 is 5.97 Å². The second-order valence-corrected chi connectivity index (χ2v) is 10.9. The number of carbonyl (C=O) groups is 1. The van der Waals surface area contributed by atoms with E-state index in [9.17, 15) is 4.79 Å². The Hall–Kier alpha value is -0.530. The number of hydrogen-bond donors (Lipinski definition) is 0. The summed E-state index contributed by atoms with van der Waals surface area (Å²) in [6.45, 7) is 2.33. The van der Waals surface area contributed by atoms with E-state index in [0.29, 0.717) is 6.42 Å². The Kier molecular flexibility index (Phi) is 6.19. The van der Waals surface area contributed by atoms with E-state index < -0.39 is 0 Å². The molecule has 0 radical (unpaired) electrons. The van der Waals surface area contributed by atoms with Crippen LogP contribution in [0, 0.1) is 40.9 Å². The van der Waals surface area contributed by atoms with Crippen molar-refractivity contribution >= 4 is 5.97 Å². The van der Waals surface area contributed by atoms with Crippen molar-refractivity contribution in [3.63, 3.8) is 0 Å². The maximum atomic E-state index is 11.2. The lowest BCUT2D eigenvalue weighted by atomic mass is 9.91. The normalized spacial score (nSPS) is 37.7. The molecular formula is C25H42O2. The second-order valence-electron chi connectivity index (χ2n) is 10.9. The molecule has 0 aromatic heterocycles. The van der Waals surface area contributed by atoms with Gasteiger partial charge in [-0.15, -0.1) is 0 Å². The molecule has 27 heavy (non-hydrogen) atoms. The minimum atomic E-state index is -0.0354. The van der Waals surface area contributed by atoms with Gasteiger partial charge in [0, 0.05) is 6.42 Å². The van der Waals surface area contributed by atoms with Gasteiger partial charge in [-0.05, 0) is 112 Å². The minimum absolute atomic E-state index is 0.0354. The molecule has 2 heteroatoms. The Morgan fingerprint density at radius 2 is 1.52 bits per heavy atom.